The first kappa shape index (κ1) is 14.5. The molecule has 0 heterocycles. The molecule has 18 heavy (non-hydrogen) atoms. The van der Waals surface area contributed by atoms with E-state index in [1.807, 2.05) is 31.2 Å². The molecule has 4 heteroatoms. The molecule has 0 aliphatic heterocycles. The van der Waals surface area contributed by atoms with E-state index in [0.717, 1.165) is 18.8 Å². The number of likely N-dealkylation sites (N-methyl/N-ethyl adjacent to an activating group) is 1. The second-order valence-electron chi connectivity index (χ2n) is 4.22. The van der Waals surface area contributed by atoms with Crippen molar-refractivity contribution in [2.45, 2.75) is 26.8 Å². The van der Waals surface area contributed by atoms with Crippen molar-refractivity contribution in [2.24, 2.45) is 0 Å². The zero-order valence-electron chi connectivity index (χ0n) is 11.7. The zero-order chi connectivity index (χ0) is 13.5. The highest BCUT2D eigenvalue weighted by molar-refractivity contribution is 5.94. The fourth-order valence-electron chi connectivity index (χ4n) is 1.73. The lowest BCUT2D eigenvalue weighted by Crippen LogP contribution is -2.35. The van der Waals surface area contributed by atoms with Gasteiger partial charge in [0.1, 0.15) is 0 Å². The maximum absolute atomic E-state index is 11.7. The van der Waals surface area contributed by atoms with Gasteiger partial charge in [0.15, 0.2) is 0 Å². The molecular weight excluding hydrogens is 226 g/mol. The van der Waals surface area contributed by atoms with Crippen LogP contribution in [0, 0.1) is 0 Å². The summed E-state index contributed by atoms with van der Waals surface area (Å²) in [4.78, 5) is 14.0. The average molecular weight is 249 g/mol. The Labute approximate surface area is 109 Å². The van der Waals surface area contributed by atoms with Gasteiger partial charge in [-0.15, -0.1) is 0 Å². The summed E-state index contributed by atoms with van der Waals surface area (Å²) in [6.07, 6.45) is 0. The van der Waals surface area contributed by atoms with E-state index in [-0.39, 0.29) is 11.9 Å². The lowest BCUT2D eigenvalue weighted by molar-refractivity contribution is -0.117. The lowest BCUT2D eigenvalue weighted by Gasteiger charge is -2.21. The summed E-state index contributed by atoms with van der Waals surface area (Å²) in [7, 11) is 1.77. The van der Waals surface area contributed by atoms with Gasteiger partial charge >= 0.3 is 0 Å². The van der Waals surface area contributed by atoms with Gasteiger partial charge in [-0.2, -0.15) is 0 Å². The summed E-state index contributed by atoms with van der Waals surface area (Å²) in [6.45, 7) is 8.07. The third kappa shape index (κ3) is 3.74. The van der Waals surface area contributed by atoms with Crippen LogP contribution in [0.1, 0.15) is 20.8 Å². The number of hydrogen-bond acceptors (Lipinski definition) is 3. The number of carbonyl (C=O) groups excluding carboxylic acids is 1. The molecule has 4 nitrogen and oxygen atoms in total. The number of nitrogens with one attached hydrogen (secondary N) is 2. The molecule has 1 rings (SSSR count). The molecule has 0 spiro atoms. The summed E-state index contributed by atoms with van der Waals surface area (Å²) < 4.78 is 0. The summed E-state index contributed by atoms with van der Waals surface area (Å²) in [5, 5.41) is 5.79. The first-order valence-electron chi connectivity index (χ1n) is 6.45. The molecular formula is C14H23N3O. The van der Waals surface area contributed by atoms with Gasteiger partial charge in [0.2, 0.25) is 5.91 Å². The molecule has 0 bridgehead atoms. The monoisotopic (exact) mass is 249 g/mol. The molecule has 1 atom stereocenters. The van der Waals surface area contributed by atoms with Crippen molar-refractivity contribution >= 4 is 17.3 Å². The summed E-state index contributed by atoms with van der Waals surface area (Å²) >= 11 is 0. The molecule has 0 fully saturated rings. The minimum atomic E-state index is -0.188. The van der Waals surface area contributed by atoms with Crippen LogP contribution in [0.4, 0.5) is 11.4 Å². The third-order valence-electron chi connectivity index (χ3n) is 3.09. The fourth-order valence-corrected chi connectivity index (χ4v) is 1.73. The molecule has 1 aromatic carbocycles. The Morgan fingerprint density at radius 3 is 2.22 bits per heavy atom. The maximum atomic E-state index is 11.7. The second kappa shape index (κ2) is 7.01. The predicted octanol–water partition coefficient (Wildman–Crippen LogP) is 2.08. The Balaban J connectivity index is 2.68. The highest BCUT2D eigenvalue weighted by atomic mass is 16.2. The van der Waals surface area contributed by atoms with Crippen LogP contribution in [0.25, 0.3) is 0 Å². The van der Waals surface area contributed by atoms with Crippen molar-refractivity contribution in [1.82, 2.24) is 5.32 Å². The molecule has 2 N–H and O–H groups in total. The molecule has 0 aromatic heterocycles. The van der Waals surface area contributed by atoms with Crippen LogP contribution in [0.5, 0.6) is 0 Å². The lowest BCUT2D eigenvalue weighted by atomic mass is 10.2. The van der Waals surface area contributed by atoms with Crippen LogP contribution in [0.15, 0.2) is 24.3 Å². The van der Waals surface area contributed by atoms with Gasteiger partial charge in [0, 0.05) is 24.5 Å². The maximum Gasteiger partial charge on any atom is 0.241 e. The summed E-state index contributed by atoms with van der Waals surface area (Å²) in [6, 6.07) is 7.76. The van der Waals surface area contributed by atoms with Crippen LogP contribution < -0.4 is 15.5 Å². The van der Waals surface area contributed by atoms with Crippen molar-refractivity contribution in [3.05, 3.63) is 24.3 Å². The highest BCUT2D eigenvalue weighted by Crippen LogP contribution is 2.17. The van der Waals surface area contributed by atoms with Gasteiger partial charge in [-0.05, 0) is 52.1 Å². The van der Waals surface area contributed by atoms with Crippen LogP contribution in [-0.4, -0.2) is 32.1 Å². The number of nitrogens with zero attached hydrogens (tertiary/aromatic N) is 1. The van der Waals surface area contributed by atoms with Crippen molar-refractivity contribution in [1.29, 1.82) is 0 Å². The number of anilines is 2. The van der Waals surface area contributed by atoms with E-state index >= 15 is 0 Å². The highest BCUT2D eigenvalue weighted by Gasteiger charge is 2.10. The Morgan fingerprint density at radius 1 is 1.22 bits per heavy atom. The van der Waals surface area contributed by atoms with Gasteiger partial charge in [-0.3, -0.25) is 4.79 Å². The minimum Gasteiger partial charge on any atom is -0.372 e. The molecule has 0 radical (unpaired) electrons. The first-order chi connectivity index (χ1) is 8.62. The number of carbonyl (C=O) groups is 1. The molecule has 0 saturated carbocycles. The molecule has 0 saturated heterocycles. The van der Waals surface area contributed by atoms with E-state index in [9.17, 15) is 4.79 Å². The summed E-state index contributed by atoms with van der Waals surface area (Å²) in [5.41, 5.74) is 2.01. The first-order valence-corrected chi connectivity index (χ1v) is 6.45. The van der Waals surface area contributed by atoms with Crippen molar-refractivity contribution in [3.8, 4) is 0 Å². The van der Waals surface area contributed by atoms with Crippen LogP contribution in [0.3, 0.4) is 0 Å². The third-order valence-corrected chi connectivity index (χ3v) is 3.09. The van der Waals surface area contributed by atoms with Crippen molar-refractivity contribution in [2.75, 3.05) is 30.4 Å². The average Bonchev–Trinajstić information content (AvgIpc) is 2.41. The fraction of sp³-hybridized carbons (Fsp3) is 0.500. The number of hydrogen-bond donors (Lipinski definition) is 2. The van der Waals surface area contributed by atoms with E-state index in [1.165, 1.54) is 5.69 Å². The SMILES string of the molecule is CCN(CC)c1ccc(NC(=O)C(C)NC)cc1. The molecule has 1 unspecified atom stereocenters. The van der Waals surface area contributed by atoms with Gasteiger partial charge < -0.3 is 15.5 Å². The Bertz CT molecular complexity index is 371. The standard InChI is InChI=1S/C14H23N3O/c1-5-17(6-2)13-9-7-12(8-10-13)16-14(18)11(3)15-4/h7-11,15H,5-6H2,1-4H3,(H,16,18). The van der Waals surface area contributed by atoms with Crippen molar-refractivity contribution < 1.29 is 4.79 Å². The van der Waals surface area contributed by atoms with Gasteiger partial charge in [-0.1, -0.05) is 0 Å². The normalized spacial score (nSPS) is 12.0. The van der Waals surface area contributed by atoms with Crippen molar-refractivity contribution in [3.63, 3.8) is 0 Å². The number of amides is 1. The number of benzene rings is 1. The topological polar surface area (TPSA) is 44.4 Å². The predicted molar refractivity (Wildman–Crippen MR) is 77.2 cm³/mol. The minimum absolute atomic E-state index is 0.0203. The quantitative estimate of drug-likeness (QED) is 0.811. The molecule has 0 aliphatic carbocycles. The Kier molecular flexibility index (Phi) is 5.65. The van der Waals surface area contributed by atoms with Gasteiger partial charge in [0.05, 0.1) is 6.04 Å². The smallest absolute Gasteiger partial charge is 0.241 e. The van der Waals surface area contributed by atoms with E-state index in [4.69, 9.17) is 0 Å². The zero-order valence-corrected chi connectivity index (χ0v) is 11.7. The van der Waals surface area contributed by atoms with E-state index < -0.39 is 0 Å². The molecule has 1 aromatic rings. The Hall–Kier alpha value is -1.55. The summed E-state index contributed by atoms with van der Waals surface area (Å²) in [5.74, 6) is -0.0203. The molecule has 0 aliphatic rings. The van der Waals surface area contributed by atoms with E-state index in [0.29, 0.717) is 0 Å². The second-order valence-corrected chi connectivity index (χ2v) is 4.22. The van der Waals surface area contributed by atoms with Crippen LogP contribution in [0.2, 0.25) is 0 Å². The van der Waals surface area contributed by atoms with Crippen LogP contribution >= 0.6 is 0 Å². The largest absolute Gasteiger partial charge is 0.372 e. The number of rotatable bonds is 6. The van der Waals surface area contributed by atoms with Gasteiger partial charge in [0.25, 0.3) is 0 Å². The molecule has 100 valence electrons. The Morgan fingerprint density at radius 2 is 1.78 bits per heavy atom. The van der Waals surface area contributed by atoms with Crippen LogP contribution in [-0.2, 0) is 4.79 Å². The molecule has 1 amide bonds. The van der Waals surface area contributed by atoms with E-state index in [2.05, 4.69) is 29.4 Å². The van der Waals surface area contributed by atoms with E-state index in [1.54, 1.807) is 7.05 Å². The van der Waals surface area contributed by atoms with Gasteiger partial charge in [-0.25, -0.2) is 0 Å².